The molecule has 0 aromatic heterocycles. The number of amides is 2. The Morgan fingerprint density at radius 2 is 2.04 bits per heavy atom. The van der Waals surface area contributed by atoms with Crippen LogP contribution in [0.1, 0.15) is 37.7 Å². The van der Waals surface area contributed by atoms with Gasteiger partial charge in [0.15, 0.2) is 0 Å². The maximum Gasteiger partial charge on any atom is 0.315 e. The van der Waals surface area contributed by atoms with Gasteiger partial charge in [0.1, 0.15) is 12.4 Å². The first kappa shape index (κ1) is 17.9. The van der Waals surface area contributed by atoms with Crippen molar-refractivity contribution >= 4 is 6.03 Å². The Balaban J connectivity index is 1.65. The number of allylic oxidation sites excluding steroid dienone is 1. The summed E-state index contributed by atoms with van der Waals surface area (Å²) in [7, 11) is 0. The summed E-state index contributed by atoms with van der Waals surface area (Å²) in [5, 5.41) is 5.77. The summed E-state index contributed by atoms with van der Waals surface area (Å²) in [5.41, 5.74) is 1.10. The quantitative estimate of drug-likeness (QED) is 0.621. The van der Waals surface area contributed by atoms with Crippen LogP contribution >= 0.6 is 0 Å². The number of carbonyl (C=O) groups excluding carboxylic acids is 1. The fourth-order valence-electron chi connectivity index (χ4n) is 2.80. The molecule has 1 aromatic rings. The van der Waals surface area contributed by atoms with Crippen molar-refractivity contribution in [3.63, 3.8) is 0 Å². The van der Waals surface area contributed by atoms with Gasteiger partial charge in [0.25, 0.3) is 0 Å². The Labute approximate surface area is 144 Å². The second kappa shape index (κ2) is 10.4. The third-order valence-electron chi connectivity index (χ3n) is 4.04. The van der Waals surface area contributed by atoms with Gasteiger partial charge in [-0.25, -0.2) is 4.79 Å². The number of nitrogens with one attached hydrogen (secondary N) is 2. The highest BCUT2D eigenvalue weighted by Gasteiger charge is 2.14. The molecule has 1 aliphatic carbocycles. The van der Waals surface area contributed by atoms with E-state index in [1.165, 1.54) is 19.3 Å². The van der Waals surface area contributed by atoms with Crippen LogP contribution in [0.25, 0.3) is 0 Å². The molecule has 0 saturated heterocycles. The van der Waals surface area contributed by atoms with Gasteiger partial charge in [0.2, 0.25) is 0 Å². The van der Waals surface area contributed by atoms with Crippen molar-refractivity contribution in [1.82, 2.24) is 10.6 Å². The van der Waals surface area contributed by atoms with E-state index in [9.17, 15) is 4.79 Å². The largest absolute Gasteiger partial charge is 0.481 e. The molecule has 1 aromatic carbocycles. The Morgan fingerprint density at radius 3 is 2.83 bits per heavy atom. The SMILES string of the molecule is C=CCc1ccccc1OCC#CCNC(=O)NC1CCCCC1. The molecule has 2 rings (SSSR count). The lowest BCUT2D eigenvalue weighted by Crippen LogP contribution is -2.42. The molecule has 1 saturated carbocycles. The predicted octanol–water partition coefficient (Wildman–Crippen LogP) is 3.43. The summed E-state index contributed by atoms with van der Waals surface area (Å²) in [5.74, 6) is 6.66. The second-order valence-corrected chi connectivity index (χ2v) is 5.90. The van der Waals surface area contributed by atoms with E-state index in [0.717, 1.165) is 30.6 Å². The smallest absolute Gasteiger partial charge is 0.315 e. The zero-order chi connectivity index (χ0) is 17.0. The average molecular weight is 326 g/mol. The third kappa shape index (κ3) is 6.37. The van der Waals surface area contributed by atoms with Crippen molar-refractivity contribution in [2.75, 3.05) is 13.2 Å². The van der Waals surface area contributed by atoms with Crippen LogP contribution in [0.15, 0.2) is 36.9 Å². The topological polar surface area (TPSA) is 50.4 Å². The first-order valence-corrected chi connectivity index (χ1v) is 8.61. The van der Waals surface area contributed by atoms with Crippen molar-refractivity contribution < 1.29 is 9.53 Å². The van der Waals surface area contributed by atoms with Crippen LogP contribution in [-0.2, 0) is 6.42 Å². The van der Waals surface area contributed by atoms with Gasteiger partial charge in [-0.05, 0) is 30.9 Å². The maximum absolute atomic E-state index is 11.8. The highest BCUT2D eigenvalue weighted by Crippen LogP contribution is 2.18. The number of hydrogen-bond donors (Lipinski definition) is 2. The molecule has 0 aliphatic heterocycles. The maximum atomic E-state index is 11.8. The molecule has 0 bridgehead atoms. The van der Waals surface area contributed by atoms with E-state index in [1.807, 2.05) is 30.3 Å². The number of para-hydroxylation sites is 1. The van der Waals surface area contributed by atoms with Crippen LogP contribution in [-0.4, -0.2) is 25.2 Å². The minimum Gasteiger partial charge on any atom is -0.481 e. The molecule has 0 heterocycles. The van der Waals surface area contributed by atoms with E-state index in [1.54, 1.807) is 0 Å². The molecule has 2 amide bonds. The van der Waals surface area contributed by atoms with Crippen LogP contribution in [0.3, 0.4) is 0 Å². The second-order valence-electron chi connectivity index (χ2n) is 5.90. The Morgan fingerprint density at radius 1 is 1.25 bits per heavy atom. The Bertz CT molecular complexity index is 595. The van der Waals surface area contributed by atoms with Gasteiger partial charge in [-0.2, -0.15) is 0 Å². The Hall–Kier alpha value is -2.41. The lowest BCUT2D eigenvalue weighted by atomic mass is 9.96. The number of benzene rings is 1. The molecular formula is C20H26N2O2. The highest BCUT2D eigenvalue weighted by atomic mass is 16.5. The zero-order valence-corrected chi connectivity index (χ0v) is 14.1. The molecule has 4 nitrogen and oxygen atoms in total. The summed E-state index contributed by atoms with van der Waals surface area (Å²) >= 11 is 0. The Kier molecular flexibility index (Phi) is 7.76. The van der Waals surface area contributed by atoms with E-state index in [0.29, 0.717) is 19.2 Å². The van der Waals surface area contributed by atoms with Crippen molar-refractivity contribution in [2.45, 2.75) is 44.6 Å². The molecule has 24 heavy (non-hydrogen) atoms. The first-order valence-electron chi connectivity index (χ1n) is 8.61. The minimum atomic E-state index is -0.131. The van der Waals surface area contributed by atoms with E-state index in [4.69, 9.17) is 4.74 Å². The molecule has 0 radical (unpaired) electrons. The van der Waals surface area contributed by atoms with Gasteiger partial charge < -0.3 is 15.4 Å². The highest BCUT2D eigenvalue weighted by molar-refractivity contribution is 5.74. The van der Waals surface area contributed by atoms with E-state index in [-0.39, 0.29) is 6.03 Å². The van der Waals surface area contributed by atoms with Crippen molar-refractivity contribution in [1.29, 1.82) is 0 Å². The molecule has 0 unspecified atom stereocenters. The molecule has 2 N–H and O–H groups in total. The van der Waals surface area contributed by atoms with Gasteiger partial charge in [-0.3, -0.25) is 0 Å². The van der Waals surface area contributed by atoms with Gasteiger partial charge in [-0.15, -0.1) is 6.58 Å². The van der Waals surface area contributed by atoms with Crippen LogP contribution in [0, 0.1) is 11.8 Å². The summed E-state index contributed by atoms with van der Waals surface area (Å²) in [6.45, 7) is 4.38. The van der Waals surface area contributed by atoms with Crippen molar-refractivity contribution in [2.24, 2.45) is 0 Å². The van der Waals surface area contributed by atoms with Crippen LogP contribution < -0.4 is 15.4 Å². The van der Waals surface area contributed by atoms with E-state index >= 15 is 0 Å². The van der Waals surface area contributed by atoms with Crippen LogP contribution in [0.4, 0.5) is 4.79 Å². The van der Waals surface area contributed by atoms with E-state index in [2.05, 4.69) is 29.1 Å². The number of ether oxygens (including phenoxy) is 1. The summed E-state index contributed by atoms with van der Waals surface area (Å²) in [4.78, 5) is 11.8. The van der Waals surface area contributed by atoms with Gasteiger partial charge in [-0.1, -0.05) is 55.4 Å². The molecule has 1 fully saturated rings. The van der Waals surface area contributed by atoms with Crippen molar-refractivity contribution in [3.05, 3.63) is 42.5 Å². The molecule has 0 atom stereocenters. The zero-order valence-electron chi connectivity index (χ0n) is 14.1. The van der Waals surface area contributed by atoms with Crippen molar-refractivity contribution in [3.8, 4) is 17.6 Å². The lowest BCUT2D eigenvalue weighted by molar-refractivity contribution is 0.234. The monoisotopic (exact) mass is 326 g/mol. The summed E-state index contributed by atoms with van der Waals surface area (Å²) in [6, 6.07) is 8.04. The lowest BCUT2D eigenvalue weighted by Gasteiger charge is -2.22. The molecular weight excluding hydrogens is 300 g/mol. The molecule has 4 heteroatoms. The van der Waals surface area contributed by atoms with Crippen LogP contribution in [0.5, 0.6) is 5.75 Å². The van der Waals surface area contributed by atoms with Gasteiger partial charge in [0, 0.05) is 6.04 Å². The standard InChI is InChI=1S/C20H26N2O2/c1-2-10-17-11-6-7-14-19(17)24-16-9-8-15-21-20(23)22-18-12-4-3-5-13-18/h2,6-7,11,14,18H,1,3-5,10,12-13,15-16H2,(H2,21,22,23). The third-order valence-corrected chi connectivity index (χ3v) is 4.04. The fourth-order valence-corrected chi connectivity index (χ4v) is 2.80. The minimum absolute atomic E-state index is 0.131. The first-order chi connectivity index (χ1) is 11.8. The number of rotatable bonds is 6. The number of hydrogen-bond acceptors (Lipinski definition) is 2. The van der Waals surface area contributed by atoms with E-state index < -0.39 is 0 Å². The number of carbonyl (C=O) groups is 1. The molecule has 1 aliphatic rings. The van der Waals surface area contributed by atoms with Gasteiger partial charge in [0.05, 0.1) is 6.54 Å². The molecule has 128 valence electrons. The molecule has 0 spiro atoms. The average Bonchev–Trinajstić information content (AvgIpc) is 2.60. The fraction of sp³-hybridized carbons (Fsp3) is 0.450. The number of urea groups is 1. The normalized spacial score (nSPS) is 14.2. The van der Waals surface area contributed by atoms with Gasteiger partial charge >= 0.3 is 6.03 Å². The van der Waals surface area contributed by atoms with Crippen LogP contribution in [0.2, 0.25) is 0 Å². The summed E-state index contributed by atoms with van der Waals surface area (Å²) < 4.78 is 5.67. The summed E-state index contributed by atoms with van der Waals surface area (Å²) in [6.07, 6.45) is 8.47. The predicted molar refractivity (Wildman–Crippen MR) is 97.0 cm³/mol.